The summed E-state index contributed by atoms with van der Waals surface area (Å²) in [6, 6.07) is 0. The molecule has 1 heterocycles. The van der Waals surface area contributed by atoms with Crippen LogP contribution in [0.1, 0.15) is 27.2 Å². The first-order valence-electron chi connectivity index (χ1n) is 5.18. The Kier molecular flexibility index (Phi) is 3.57. The molecule has 0 aromatic carbocycles. The van der Waals surface area contributed by atoms with Crippen LogP contribution in [0, 0.1) is 5.92 Å². The predicted molar refractivity (Wildman–Crippen MR) is 57.8 cm³/mol. The van der Waals surface area contributed by atoms with Crippen LogP contribution in [0.2, 0.25) is 0 Å². The zero-order valence-corrected chi connectivity index (χ0v) is 9.77. The molecule has 1 unspecified atom stereocenters. The lowest BCUT2D eigenvalue weighted by molar-refractivity contribution is -0.142. The van der Waals surface area contributed by atoms with Crippen molar-refractivity contribution in [3.63, 3.8) is 0 Å². The van der Waals surface area contributed by atoms with Crippen molar-refractivity contribution >= 4 is 12.1 Å². The molecular formula is C11H17NO4. The number of ether oxygens (including phenoxy) is 1. The summed E-state index contributed by atoms with van der Waals surface area (Å²) in [6.45, 7) is 5.48. The Labute approximate surface area is 94.7 Å². The summed E-state index contributed by atoms with van der Waals surface area (Å²) in [4.78, 5) is 23.7. The summed E-state index contributed by atoms with van der Waals surface area (Å²) in [5, 5.41) is 8.86. The molecule has 90 valence electrons. The van der Waals surface area contributed by atoms with E-state index in [9.17, 15) is 9.59 Å². The van der Waals surface area contributed by atoms with Gasteiger partial charge in [-0.2, -0.15) is 0 Å². The third kappa shape index (κ3) is 3.56. The maximum Gasteiger partial charge on any atom is 0.414 e. The lowest BCUT2D eigenvalue weighted by atomic mass is 10.0. The van der Waals surface area contributed by atoms with E-state index in [0.717, 1.165) is 0 Å². The second-order valence-electron chi connectivity index (χ2n) is 4.79. The number of carboxylic acid groups (broad SMARTS) is 1. The molecule has 0 saturated carbocycles. The maximum atomic E-state index is 11.6. The number of rotatable bonds is 1. The molecule has 0 radical (unpaired) electrons. The van der Waals surface area contributed by atoms with Crippen molar-refractivity contribution in [2.45, 2.75) is 32.8 Å². The lowest BCUT2D eigenvalue weighted by Gasteiger charge is -2.28. The fourth-order valence-corrected chi connectivity index (χ4v) is 1.36. The quantitative estimate of drug-likeness (QED) is 0.742. The van der Waals surface area contributed by atoms with Crippen LogP contribution in [0.3, 0.4) is 0 Å². The largest absolute Gasteiger partial charge is 0.481 e. The zero-order valence-electron chi connectivity index (χ0n) is 9.77. The molecule has 0 bridgehead atoms. The van der Waals surface area contributed by atoms with Crippen LogP contribution in [0.4, 0.5) is 4.79 Å². The SMILES string of the molecule is CC(C)(C)OC(=O)N1C=CCC(C(=O)O)C1. The minimum Gasteiger partial charge on any atom is -0.481 e. The fourth-order valence-electron chi connectivity index (χ4n) is 1.36. The van der Waals surface area contributed by atoms with E-state index in [1.165, 1.54) is 4.90 Å². The lowest BCUT2D eigenvalue weighted by Crippen LogP contribution is -2.39. The van der Waals surface area contributed by atoms with Crippen molar-refractivity contribution < 1.29 is 19.4 Å². The van der Waals surface area contributed by atoms with Crippen molar-refractivity contribution in [2.24, 2.45) is 5.92 Å². The average molecular weight is 227 g/mol. The van der Waals surface area contributed by atoms with Gasteiger partial charge in [-0.05, 0) is 27.2 Å². The number of carbonyl (C=O) groups is 2. The molecule has 0 fully saturated rings. The van der Waals surface area contributed by atoms with Gasteiger partial charge < -0.3 is 9.84 Å². The Bertz CT molecular complexity index is 316. The molecule has 1 atom stereocenters. The van der Waals surface area contributed by atoms with Gasteiger partial charge in [0.15, 0.2) is 0 Å². The van der Waals surface area contributed by atoms with Crippen molar-refractivity contribution in [1.29, 1.82) is 0 Å². The van der Waals surface area contributed by atoms with Crippen LogP contribution < -0.4 is 0 Å². The van der Waals surface area contributed by atoms with Gasteiger partial charge in [0.2, 0.25) is 0 Å². The first-order valence-corrected chi connectivity index (χ1v) is 5.18. The maximum absolute atomic E-state index is 11.6. The Morgan fingerprint density at radius 3 is 2.56 bits per heavy atom. The summed E-state index contributed by atoms with van der Waals surface area (Å²) in [5.74, 6) is -1.43. The second-order valence-corrected chi connectivity index (χ2v) is 4.79. The number of hydrogen-bond donors (Lipinski definition) is 1. The smallest absolute Gasteiger partial charge is 0.414 e. The number of nitrogens with zero attached hydrogens (tertiary/aromatic N) is 1. The van der Waals surface area contributed by atoms with Gasteiger partial charge in [-0.3, -0.25) is 9.69 Å². The normalized spacial score (nSPS) is 20.7. The second kappa shape index (κ2) is 4.55. The molecule has 0 saturated heterocycles. The van der Waals surface area contributed by atoms with Gasteiger partial charge in [0.1, 0.15) is 5.60 Å². The highest BCUT2D eigenvalue weighted by Gasteiger charge is 2.28. The van der Waals surface area contributed by atoms with Gasteiger partial charge in [0, 0.05) is 12.7 Å². The predicted octanol–water partition coefficient (Wildman–Crippen LogP) is 1.84. The topological polar surface area (TPSA) is 66.8 Å². The summed E-state index contributed by atoms with van der Waals surface area (Å²) in [7, 11) is 0. The highest BCUT2D eigenvalue weighted by atomic mass is 16.6. The van der Waals surface area contributed by atoms with Gasteiger partial charge in [-0.25, -0.2) is 4.79 Å². The number of hydrogen-bond acceptors (Lipinski definition) is 3. The minimum absolute atomic E-state index is 0.167. The van der Waals surface area contributed by atoms with Crippen molar-refractivity contribution in [2.75, 3.05) is 6.54 Å². The van der Waals surface area contributed by atoms with E-state index in [2.05, 4.69) is 0 Å². The molecule has 1 amide bonds. The third-order valence-electron chi connectivity index (χ3n) is 2.10. The molecule has 0 aliphatic carbocycles. The molecule has 0 spiro atoms. The van der Waals surface area contributed by atoms with E-state index < -0.39 is 23.6 Å². The molecule has 5 nitrogen and oxygen atoms in total. The Morgan fingerprint density at radius 1 is 1.44 bits per heavy atom. The van der Waals surface area contributed by atoms with Crippen molar-refractivity contribution in [3.05, 3.63) is 12.3 Å². The molecule has 16 heavy (non-hydrogen) atoms. The summed E-state index contributed by atoms with van der Waals surface area (Å²) >= 11 is 0. The number of carbonyl (C=O) groups excluding carboxylic acids is 1. The van der Waals surface area contributed by atoms with E-state index >= 15 is 0 Å². The number of carboxylic acids is 1. The molecule has 1 aliphatic rings. The minimum atomic E-state index is -0.891. The van der Waals surface area contributed by atoms with Crippen LogP contribution in [0.5, 0.6) is 0 Å². The van der Waals surface area contributed by atoms with E-state index in [4.69, 9.17) is 9.84 Å². The van der Waals surface area contributed by atoms with Gasteiger partial charge >= 0.3 is 12.1 Å². The fraction of sp³-hybridized carbons (Fsp3) is 0.636. The third-order valence-corrected chi connectivity index (χ3v) is 2.10. The summed E-state index contributed by atoms with van der Waals surface area (Å²) in [5.41, 5.74) is -0.568. The van der Waals surface area contributed by atoms with E-state index in [1.54, 1.807) is 33.0 Å². The molecule has 5 heteroatoms. The van der Waals surface area contributed by atoms with Gasteiger partial charge in [-0.15, -0.1) is 0 Å². The van der Waals surface area contributed by atoms with E-state index in [1.807, 2.05) is 0 Å². The van der Waals surface area contributed by atoms with Crippen molar-refractivity contribution in [1.82, 2.24) is 4.90 Å². The highest BCUT2D eigenvalue weighted by Crippen LogP contribution is 2.17. The molecule has 0 aromatic heterocycles. The van der Waals surface area contributed by atoms with Gasteiger partial charge in [-0.1, -0.05) is 6.08 Å². The van der Waals surface area contributed by atoms with Crippen LogP contribution >= 0.6 is 0 Å². The monoisotopic (exact) mass is 227 g/mol. The van der Waals surface area contributed by atoms with Gasteiger partial charge in [0.25, 0.3) is 0 Å². The van der Waals surface area contributed by atoms with Crippen LogP contribution in [-0.4, -0.2) is 34.2 Å². The molecule has 1 aliphatic heterocycles. The Hall–Kier alpha value is -1.52. The summed E-state index contributed by atoms with van der Waals surface area (Å²) < 4.78 is 5.15. The van der Waals surface area contributed by atoms with Crippen LogP contribution in [-0.2, 0) is 9.53 Å². The van der Waals surface area contributed by atoms with Crippen LogP contribution in [0.15, 0.2) is 12.3 Å². The number of aliphatic carboxylic acids is 1. The molecule has 1 N–H and O–H groups in total. The number of allylic oxidation sites excluding steroid dienone is 1. The highest BCUT2D eigenvalue weighted by molar-refractivity contribution is 5.74. The molecular weight excluding hydrogens is 210 g/mol. The van der Waals surface area contributed by atoms with E-state index in [0.29, 0.717) is 6.42 Å². The zero-order chi connectivity index (χ0) is 12.3. The van der Waals surface area contributed by atoms with Gasteiger partial charge in [0.05, 0.1) is 5.92 Å². The van der Waals surface area contributed by atoms with Crippen LogP contribution in [0.25, 0.3) is 0 Å². The first-order chi connectivity index (χ1) is 7.29. The Morgan fingerprint density at radius 2 is 2.06 bits per heavy atom. The Balaban J connectivity index is 2.61. The van der Waals surface area contributed by atoms with E-state index in [-0.39, 0.29) is 6.54 Å². The molecule has 1 rings (SSSR count). The first kappa shape index (κ1) is 12.5. The summed E-state index contributed by atoms with van der Waals surface area (Å²) in [6.07, 6.45) is 3.20. The standard InChI is InChI=1S/C11H17NO4/c1-11(2,3)16-10(15)12-6-4-5-8(7-12)9(13)14/h4,6,8H,5,7H2,1-3H3,(H,13,14). The molecule has 0 aromatic rings. The van der Waals surface area contributed by atoms with Crippen molar-refractivity contribution in [3.8, 4) is 0 Å². The average Bonchev–Trinajstić information content (AvgIpc) is 2.15. The number of amides is 1.